The van der Waals surface area contributed by atoms with Gasteiger partial charge in [0, 0.05) is 24.7 Å². The molecule has 6 nitrogen and oxygen atoms in total. The van der Waals surface area contributed by atoms with E-state index in [1.165, 1.54) is 11.3 Å². The van der Waals surface area contributed by atoms with Crippen molar-refractivity contribution in [3.05, 3.63) is 58.3 Å². The van der Waals surface area contributed by atoms with E-state index in [1.807, 2.05) is 54.8 Å². The van der Waals surface area contributed by atoms with Crippen LogP contribution in [0.3, 0.4) is 0 Å². The molecule has 1 N–H and O–H groups in total. The number of rotatable bonds is 5. The highest BCUT2D eigenvalue weighted by Gasteiger charge is 2.23. The average Bonchev–Trinajstić information content (AvgIpc) is 3.20. The highest BCUT2D eigenvalue weighted by atomic mass is 32.1. The summed E-state index contributed by atoms with van der Waals surface area (Å²) in [6.45, 7) is 3.66. The van der Waals surface area contributed by atoms with Gasteiger partial charge >= 0.3 is 0 Å². The zero-order chi connectivity index (χ0) is 20.2. The van der Waals surface area contributed by atoms with Gasteiger partial charge in [-0.15, -0.1) is 21.5 Å². The number of aromatic nitrogens is 2. The van der Waals surface area contributed by atoms with Crippen molar-refractivity contribution in [2.75, 3.05) is 25.1 Å². The standard InChI is InChI=1S/C22H24N4O2S/c1-15-11-14-29-21(15)22(27)23-16-9-12-26(13-10-16)20-8-7-18(24-25-20)17-5-3-4-6-19(17)28-2/h3-8,11,14,16H,9-10,12-13H2,1-2H3,(H,23,27). The monoisotopic (exact) mass is 408 g/mol. The number of amides is 1. The maximum Gasteiger partial charge on any atom is 0.261 e. The Morgan fingerprint density at radius 1 is 1.14 bits per heavy atom. The third kappa shape index (κ3) is 4.24. The van der Waals surface area contributed by atoms with Crippen molar-refractivity contribution < 1.29 is 9.53 Å². The van der Waals surface area contributed by atoms with Gasteiger partial charge in [-0.3, -0.25) is 4.79 Å². The molecule has 0 saturated carbocycles. The molecule has 1 amide bonds. The second-order valence-corrected chi connectivity index (χ2v) is 8.06. The lowest BCUT2D eigenvalue weighted by Gasteiger charge is -2.32. The van der Waals surface area contributed by atoms with Gasteiger partial charge in [0.2, 0.25) is 0 Å². The van der Waals surface area contributed by atoms with Gasteiger partial charge in [-0.1, -0.05) is 12.1 Å². The first-order valence-corrected chi connectivity index (χ1v) is 10.6. The molecule has 0 radical (unpaired) electrons. The number of hydrogen-bond acceptors (Lipinski definition) is 6. The predicted molar refractivity (Wildman–Crippen MR) is 116 cm³/mol. The Hall–Kier alpha value is -2.93. The lowest BCUT2D eigenvalue weighted by atomic mass is 10.0. The molecule has 150 valence electrons. The van der Waals surface area contributed by atoms with Crippen LogP contribution in [0.25, 0.3) is 11.3 Å². The third-order valence-corrected chi connectivity index (χ3v) is 6.27. The number of aryl methyl sites for hydroxylation is 1. The van der Waals surface area contributed by atoms with Gasteiger partial charge in [0.15, 0.2) is 5.82 Å². The Kier molecular flexibility index (Phi) is 5.76. The van der Waals surface area contributed by atoms with Crippen LogP contribution in [0.15, 0.2) is 47.8 Å². The predicted octanol–water partition coefficient (Wildman–Crippen LogP) is 3.92. The van der Waals surface area contributed by atoms with E-state index in [9.17, 15) is 4.79 Å². The van der Waals surface area contributed by atoms with Gasteiger partial charge < -0.3 is 15.0 Å². The summed E-state index contributed by atoms with van der Waals surface area (Å²) in [6, 6.07) is 14.0. The number of hydrogen-bond donors (Lipinski definition) is 1. The van der Waals surface area contributed by atoms with Gasteiger partial charge in [0.25, 0.3) is 5.91 Å². The summed E-state index contributed by atoms with van der Waals surface area (Å²) in [5.41, 5.74) is 2.76. The summed E-state index contributed by atoms with van der Waals surface area (Å²) in [5.74, 6) is 1.69. The lowest BCUT2D eigenvalue weighted by Crippen LogP contribution is -2.45. The minimum atomic E-state index is 0.0388. The highest BCUT2D eigenvalue weighted by Crippen LogP contribution is 2.28. The zero-order valence-corrected chi connectivity index (χ0v) is 17.4. The van der Waals surface area contributed by atoms with Gasteiger partial charge in [-0.05, 0) is 61.0 Å². The van der Waals surface area contributed by atoms with Crippen molar-refractivity contribution in [2.24, 2.45) is 0 Å². The second-order valence-electron chi connectivity index (χ2n) is 7.14. The molecular weight excluding hydrogens is 384 g/mol. The van der Waals surface area contributed by atoms with Gasteiger partial charge in [0.05, 0.1) is 17.7 Å². The first-order valence-electron chi connectivity index (χ1n) is 9.72. The smallest absolute Gasteiger partial charge is 0.261 e. The summed E-state index contributed by atoms with van der Waals surface area (Å²) in [7, 11) is 1.66. The number of benzene rings is 1. The summed E-state index contributed by atoms with van der Waals surface area (Å²) >= 11 is 1.50. The maximum atomic E-state index is 12.4. The summed E-state index contributed by atoms with van der Waals surface area (Å²) in [6.07, 6.45) is 1.79. The van der Waals surface area contributed by atoms with Crippen molar-refractivity contribution >= 4 is 23.1 Å². The number of piperidine rings is 1. The zero-order valence-electron chi connectivity index (χ0n) is 16.6. The topological polar surface area (TPSA) is 67.3 Å². The average molecular weight is 409 g/mol. The van der Waals surface area contributed by atoms with Crippen LogP contribution in [0.2, 0.25) is 0 Å². The SMILES string of the molecule is COc1ccccc1-c1ccc(N2CCC(NC(=O)c3sccc3C)CC2)nn1. The maximum absolute atomic E-state index is 12.4. The van der Waals surface area contributed by atoms with E-state index in [2.05, 4.69) is 20.4 Å². The van der Waals surface area contributed by atoms with Gasteiger partial charge in [-0.25, -0.2) is 0 Å². The van der Waals surface area contributed by atoms with Crippen molar-refractivity contribution in [1.82, 2.24) is 15.5 Å². The number of carbonyl (C=O) groups is 1. The van der Waals surface area contributed by atoms with Gasteiger partial charge in [0.1, 0.15) is 5.75 Å². The number of methoxy groups -OCH3 is 1. The molecule has 1 fully saturated rings. The van der Waals surface area contributed by atoms with Crippen LogP contribution in [0.4, 0.5) is 5.82 Å². The number of thiophene rings is 1. The van der Waals surface area contributed by atoms with Crippen molar-refractivity contribution in [3.63, 3.8) is 0 Å². The molecule has 0 aliphatic carbocycles. The Labute approximate surface area is 174 Å². The fourth-order valence-corrected chi connectivity index (χ4v) is 4.43. The van der Waals surface area contributed by atoms with E-state index >= 15 is 0 Å². The molecular formula is C22H24N4O2S. The Balaban J connectivity index is 1.36. The molecule has 1 aliphatic rings. The molecule has 3 aromatic rings. The first kappa shape index (κ1) is 19.4. The van der Waals surface area contributed by atoms with E-state index in [-0.39, 0.29) is 11.9 Å². The van der Waals surface area contributed by atoms with Crippen LogP contribution >= 0.6 is 11.3 Å². The fourth-order valence-electron chi connectivity index (χ4n) is 3.60. The summed E-state index contributed by atoms with van der Waals surface area (Å²) in [4.78, 5) is 15.5. The third-order valence-electron chi connectivity index (χ3n) is 5.26. The van der Waals surface area contributed by atoms with E-state index in [0.29, 0.717) is 0 Å². The molecule has 0 bridgehead atoms. The molecule has 1 saturated heterocycles. The van der Waals surface area contributed by atoms with Crippen molar-refractivity contribution in [2.45, 2.75) is 25.8 Å². The number of nitrogens with zero attached hydrogens (tertiary/aromatic N) is 3. The first-order chi connectivity index (χ1) is 14.2. The number of para-hydroxylation sites is 1. The van der Waals surface area contributed by atoms with E-state index in [4.69, 9.17) is 4.74 Å². The normalized spacial score (nSPS) is 14.6. The van der Waals surface area contributed by atoms with Crippen molar-refractivity contribution in [1.29, 1.82) is 0 Å². The van der Waals surface area contributed by atoms with Crippen molar-refractivity contribution in [3.8, 4) is 17.0 Å². The Morgan fingerprint density at radius 2 is 1.93 bits per heavy atom. The van der Waals surface area contributed by atoms with Crippen LogP contribution in [0.1, 0.15) is 28.1 Å². The Bertz CT molecular complexity index is 978. The summed E-state index contributed by atoms with van der Waals surface area (Å²) in [5, 5.41) is 14.0. The highest BCUT2D eigenvalue weighted by molar-refractivity contribution is 7.12. The second kappa shape index (κ2) is 8.61. The molecule has 0 atom stereocenters. The number of anilines is 1. The molecule has 1 aliphatic heterocycles. The van der Waals surface area contributed by atoms with Crippen LogP contribution in [0, 0.1) is 6.92 Å². The summed E-state index contributed by atoms with van der Waals surface area (Å²) < 4.78 is 5.41. The molecule has 29 heavy (non-hydrogen) atoms. The van der Waals surface area contributed by atoms with E-state index in [0.717, 1.165) is 59.2 Å². The number of ether oxygens (including phenoxy) is 1. The van der Waals surface area contributed by atoms with Gasteiger partial charge in [-0.2, -0.15) is 0 Å². The van der Waals surface area contributed by atoms with E-state index in [1.54, 1.807) is 7.11 Å². The van der Waals surface area contributed by atoms with Crippen LogP contribution in [0.5, 0.6) is 5.75 Å². The molecule has 1 aromatic carbocycles. The molecule has 0 unspecified atom stereocenters. The molecule has 7 heteroatoms. The quantitative estimate of drug-likeness (QED) is 0.693. The molecule has 3 heterocycles. The van der Waals surface area contributed by atoms with Crippen LogP contribution in [-0.2, 0) is 0 Å². The number of nitrogens with one attached hydrogen (secondary N) is 1. The van der Waals surface area contributed by atoms with E-state index < -0.39 is 0 Å². The minimum absolute atomic E-state index is 0.0388. The molecule has 2 aromatic heterocycles. The number of carbonyl (C=O) groups excluding carboxylic acids is 1. The molecule has 0 spiro atoms. The fraction of sp³-hybridized carbons (Fsp3) is 0.318. The Morgan fingerprint density at radius 3 is 2.59 bits per heavy atom. The van der Waals surface area contributed by atoms with Crippen LogP contribution in [-0.4, -0.2) is 42.3 Å². The minimum Gasteiger partial charge on any atom is -0.496 e. The van der Waals surface area contributed by atoms with Crippen LogP contribution < -0.4 is 15.0 Å². The lowest BCUT2D eigenvalue weighted by molar-refractivity contribution is 0.0934. The largest absolute Gasteiger partial charge is 0.496 e. The molecule has 4 rings (SSSR count).